The predicted octanol–water partition coefficient (Wildman–Crippen LogP) is 11.0. The lowest BCUT2D eigenvalue weighted by atomic mass is 9.92. The molecule has 0 atom stereocenters. The van der Waals surface area contributed by atoms with Gasteiger partial charge in [-0.2, -0.15) is 0 Å². The van der Waals surface area contributed by atoms with Crippen molar-refractivity contribution in [2.24, 2.45) is 0 Å². The molecule has 2 aliphatic rings. The Labute approximate surface area is 256 Å². The van der Waals surface area contributed by atoms with Crippen LogP contribution in [0.1, 0.15) is 44.5 Å². The molecule has 0 spiro atoms. The van der Waals surface area contributed by atoms with Gasteiger partial charge >= 0.3 is 0 Å². The molecule has 0 amide bonds. The number of aryl methyl sites for hydroxylation is 2. The maximum absolute atomic E-state index is 2.63. The second kappa shape index (κ2) is 9.79. The molecule has 0 aliphatic heterocycles. The van der Waals surface area contributed by atoms with E-state index in [9.17, 15) is 0 Å². The van der Waals surface area contributed by atoms with Crippen LogP contribution in [-0.4, -0.2) is 8.07 Å². The standard InChI is InChI=1S/C42H36Si/c1-27-21-23-29-13-5-9-17-33(29)39(27)37-25-31-15-7-11-19-35(31)41(37)43(3,4)42-36-20-12-8-16-32(36)26-38(42)40-28(2)22-24-30-14-6-10-18-34(30)40/h5-24H,25-26H2,1-4H3. The molecule has 0 radical (unpaired) electrons. The Kier molecular flexibility index (Phi) is 5.96. The largest absolute Gasteiger partial charge is 0.114 e. The predicted molar refractivity (Wildman–Crippen MR) is 189 cm³/mol. The molecule has 0 aromatic heterocycles. The van der Waals surface area contributed by atoms with Crippen molar-refractivity contribution < 1.29 is 0 Å². The highest BCUT2D eigenvalue weighted by Crippen LogP contribution is 2.54. The van der Waals surface area contributed by atoms with Crippen molar-refractivity contribution in [1.29, 1.82) is 0 Å². The van der Waals surface area contributed by atoms with Gasteiger partial charge in [0.25, 0.3) is 0 Å². The highest BCUT2D eigenvalue weighted by Gasteiger charge is 2.43. The molecule has 0 N–H and O–H groups in total. The third kappa shape index (κ3) is 3.95. The number of fused-ring (bicyclic) bond motifs is 4. The Morgan fingerprint density at radius 2 is 0.837 bits per heavy atom. The fourth-order valence-corrected chi connectivity index (χ4v) is 12.3. The minimum Gasteiger partial charge on any atom is -0.0619 e. The molecule has 0 saturated heterocycles. The lowest BCUT2D eigenvalue weighted by Gasteiger charge is -2.32. The Hall–Kier alpha value is -4.46. The van der Waals surface area contributed by atoms with Crippen LogP contribution in [0.4, 0.5) is 0 Å². The topological polar surface area (TPSA) is 0 Å². The van der Waals surface area contributed by atoms with Crippen LogP contribution >= 0.6 is 0 Å². The molecule has 0 saturated carbocycles. The quantitative estimate of drug-likeness (QED) is 0.186. The Morgan fingerprint density at radius 1 is 0.442 bits per heavy atom. The first-order valence-electron chi connectivity index (χ1n) is 15.5. The lowest BCUT2D eigenvalue weighted by molar-refractivity contribution is 1.31. The zero-order chi connectivity index (χ0) is 29.3. The van der Waals surface area contributed by atoms with Gasteiger partial charge in [-0.1, -0.05) is 134 Å². The van der Waals surface area contributed by atoms with E-state index in [1.807, 2.05) is 0 Å². The molecule has 0 bridgehead atoms. The summed E-state index contributed by atoms with van der Waals surface area (Å²) >= 11 is 0. The molecular formula is C42H36Si. The first kappa shape index (κ1) is 26.2. The molecule has 6 aromatic rings. The van der Waals surface area contributed by atoms with Gasteiger partial charge in [0.05, 0.1) is 0 Å². The molecular weight excluding hydrogens is 533 g/mol. The summed E-state index contributed by atoms with van der Waals surface area (Å²) < 4.78 is 0. The molecule has 0 nitrogen and oxygen atoms in total. The van der Waals surface area contributed by atoms with Crippen LogP contribution in [0.25, 0.3) is 43.1 Å². The summed E-state index contributed by atoms with van der Waals surface area (Å²) in [6, 6.07) is 45.6. The van der Waals surface area contributed by atoms with Gasteiger partial charge in [0.1, 0.15) is 8.07 Å². The van der Waals surface area contributed by atoms with Crippen molar-refractivity contribution in [3.8, 4) is 0 Å². The van der Waals surface area contributed by atoms with Gasteiger partial charge in [-0.05, 0) is 114 Å². The maximum atomic E-state index is 2.63. The van der Waals surface area contributed by atoms with Crippen LogP contribution in [0.3, 0.4) is 0 Å². The van der Waals surface area contributed by atoms with E-state index < -0.39 is 8.07 Å². The Morgan fingerprint density at radius 3 is 1.30 bits per heavy atom. The highest BCUT2D eigenvalue weighted by atomic mass is 28.3. The van der Waals surface area contributed by atoms with Crippen molar-refractivity contribution in [2.75, 3.05) is 0 Å². The normalized spacial score (nSPS) is 14.6. The van der Waals surface area contributed by atoms with Crippen molar-refractivity contribution in [1.82, 2.24) is 0 Å². The van der Waals surface area contributed by atoms with Crippen LogP contribution < -0.4 is 0 Å². The van der Waals surface area contributed by atoms with Gasteiger partial charge in [-0.3, -0.25) is 0 Å². The van der Waals surface area contributed by atoms with E-state index in [0.29, 0.717) is 0 Å². The van der Waals surface area contributed by atoms with E-state index in [-0.39, 0.29) is 0 Å². The number of allylic oxidation sites excluding steroid dienone is 2. The van der Waals surface area contributed by atoms with E-state index >= 15 is 0 Å². The number of benzene rings is 6. The minimum atomic E-state index is -2.29. The van der Waals surface area contributed by atoms with E-state index in [0.717, 1.165) is 12.8 Å². The summed E-state index contributed by atoms with van der Waals surface area (Å²) in [5, 5.41) is 8.62. The SMILES string of the molecule is Cc1ccc2ccccc2c1C1=C([Si](C)(C)C2=C(c3c(C)ccc4ccccc34)Cc3ccccc32)c2ccccc2C1. The van der Waals surface area contributed by atoms with Gasteiger partial charge in [0.15, 0.2) is 0 Å². The van der Waals surface area contributed by atoms with E-state index in [1.54, 1.807) is 10.4 Å². The van der Waals surface area contributed by atoms with E-state index in [4.69, 9.17) is 0 Å². The van der Waals surface area contributed by atoms with Crippen molar-refractivity contribution in [3.05, 3.63) is 166 Å². The van der Waals surface area contributed by atoms with Gasteiger partial charge < -0.3 is 0 Å². The maximum Gasteiger partial charge on any atom is 0.114 e. The Balaban J connectivity index is 1.48. The molecule has 8 rings (SSSR count). The average Bonchev–Trinajstić information content (AvgIpc) is 3.60. The van der Waals surface area contributed by atoms with Crippen LogP contribution in [0.2, 0.25) is 13.1 Å². The smallest absolute Gasteiger partial charge is 0.0619 e. The summed E-state index contributed by atoms with van der Waals surface area (Å²) in [6.45, 7) is 9.86. The summed E-state index contributed by atoms with van der Waals surface area (Å²) in [7, 11) is -2.29. The van der Waals surface area contributed by atoms with E-state index in [2.05, 4.69) is 148 Å². The Bertz CT molecular complexity index is 2020. The van der Waals surface area contributed by atoms with Crippen LogP contribution in [0.5, 0.6) is 0 Å². The summed E-state index contributed by atoms with van der Waals surface area (Å²) in [5.74, 6) is 0. The van der Waals surface area contributed by atoms with E-state index in [1.165, 1.54) is 77.2 Å². The van der Waals surface area contributed by atoms with Gasteiger partial charge in [-0.15, -0.1) is 0 Å². The molecule has 0 heterocycles. The van der Waals surface area contributed by atoms with Crippen molar-refractivity contribution >= 4 is 51.2 Å². The molecule has 208 valence electrons. The number of hydrogen-bond donors (Lipinski definition) is 0. The van der Waals surface area contributed by atoms with Crippen molar-refractivity contribution in [3.63, 3.8) is 0 Å². The zero-order valence-electron chi connectivity index (χ0n) is 25.5. The first-order valence-corrected chi connectivity index (χ1v) is 18.5. The first-order chi connectivity index (χ1) is 20.9. The summed E-state index contributed by atoms with van der Waals surface area (Å²) in [4.78, 5) is 0. The zero-order valence-corrected chi connectivity index (χ0v) is 26.5. The molecule has 0 unspecified atom stereocenters. The molecule has 6 aromatic carbocycles. The monoisotopic (exact) mass is 568 g/mol. The van der Waals surface area contributed by atoms with Gasteiger partial charge in [-0.25, -0.2) is 0 Å². The van der Waals surface area contributed by atoms with Gasteiger partial charge in [0, 0.05) is 0 Å². The van der Waals surface area contributed by atoms with Crippen LogP contribution in [-0.2, 0) is 12.8 Å². The van der Waals surface area contributed by atoms with Crippen LogP contribution in [0, 0.1) is 13.8 Å². The molecule has 1 heteroatoms. The van der Waals surface area contributed by atoms with Crippen molar-refractivity contribution in [2.45, 2.75) is 39.8 Å². The minimum absolute atomic E-state index is 0.994. The molecule has 2 aliphatic carbocycles. The lowest BCUT2D eigenvalue weighted by Crippen LogP contribution is -2.31. The van der Waals surface area contributed by atoms with Crippen LogP contribution in [0.15, 0.2) is 121 Å². The second-order valence-corrected chi connectivity index (χ2v) is 17.2. The number of rotatable bonds is 4. The molecule has 0 fully saturated rings. The highest BCUT2D eigenvalue weighted by molar-refractivity contribution is 7.10. The summed E-state index contributed by atoms with van der Waals surface area (Å²) in [5.41, 5.74) is 14.6. The second-order valence-electron chi connectivity index (χ2n) is 13.0. The number of hydrogen-bond acceptors (Lipinski definition) is 0. The summed E-state index contributed by atoms with van der Waals surface area (Å²) in [6.07, 6.45) is 1.99. The average molecular weight is 569 g/mol. The fourth-order valence-electron chi connectivity index (χ4n) is 8.26. The van der Waals surface area contributed by atoms with Gasteiger partial charge in [0.2, 0.25) is 0 Å². The third-order valence-electron chi connectivity index (χ3n) is 10.0. The molecule has 43 heavy (non-hydrogen) atoms. The third-order valence-corrected chi connectivity index (χ3v) is 13.7. The fraction of sp³-hybridized carbons (Fsp3) is 0.143.